The molecule has 0 N–H and O–H groups in total. The number of unbranched alkanes of at least 4 members (excludes halogenated alkanes) is 8. The summed E-state index contributed by atoms with van der Waals surface area (Å²) in [5.74, 6) is 0.0427. The Morgan fingerprint density at radius 3 is 2.00 bits per heavy atom. The topological polar surface area (TPSA) is 26.3 Å². The van der Waals surface area contributed by atoms with Gasteiger partial charge in [-0.25, -0.2) is 0 Å². The minimum Gasteiger partial charge on any atom is -0.469 e. The van der Waals surface area contributed by atoms with Crippen molar-refractivity contribution in [3.05, 3.63) is 12.2 Å². The maximum Gasteiger partial charge on any atom is 0.308 e. The van der Waals surface area contributed by atoms with Crippen LogP contribution >= 0.6 is 0 Å². The molecule has 0 saturated carbocycles. The lowest BCUT2D eigenvalue weighted by atomic mass is 9.98. The molecule has 0 aliphatic heterocycles. The van der Waals surface area contributed by atoms with E-state index in [1.165, 1.54) is 64.9 Å². The molecule has 0 amide bonds. The smallest absolute Gasteiger partial charge is 0.308 e. The van der Waals surface area contributed by atoms with E-state index in [4.69, 9.17) is 4.74 Å². The Morgan fingerprint density at radius 2 is 1.41 bits per heavy atom. The number of hydrogen-bond acceptors (Lipinski definition) is 2. The number of allylic oxidation sites excluding steroid dienone is 2. The molecular weight excluding hydrogens is 272 g/mol. The van der Waals surface area contributed by atoms with Crippen molar-refractivity contribution in [3.63, 3.8) is 0 Å². The molecule has 1 atom stereocenters. The Morgan fingerprint density at radius 1 is 0.818 bits per heavy atom. The van der Waals surface area contributed by atoms with E-state index in [0.717, 1.165) is 25.7 Å². The van der Waals surface area contributed by atoms with Crippen molar-refractivity contribution in [3.8, 4) is 0 Å². The Bertz CT molecular complexity index is 271. The number of methoxy groups -OCH3 is 1. The lowest BCUT2D eigenvalue weighted by molar-refractivity contribution is -0.145. The van der Waals surface area contributed by atoms with E-state index in [-0.39, 0.29) is 11.9 Å². The molecule has 0 aliphatic rings. The van der Waals surface area contributed by atoms with Gasteiger partial charge >= 0.3 is 5.97 Å². The van der Waals surface area contributed by atoms with E-state index in [9.17, 15) is 4.79 Å². The van der Waals surface area contributed by atoms with Crippen LogP contribution in [0.5, 0.6) is 0 Å². The van der Waals surface area contributed by atoms with E-state index in [1.807, 2.05) is 0 Å². The van der Waals surface area contributed by atoms with Gasteiger partial charge in [0.1, 0.15) is 0 Å². The Kier molecular flexibility index (Phi) is 16.0. The number of esters is 1. The number of rotatable bonds is 15. The summed E-state index contributed by atoms with van der Waals surface area (Å²) in [6.07, 6.45) is 20.6. The van der Waals surface area contributed by atoms with Gasteiger partial charge in [0.2, 0.25) is 0 Å². The second kappa shape index (κ2) is 16.6. The molecular formula is C20H38O2. The molecule has 0 aromatic carbocycles. The van der Waals surface area contributed by atoms with Crippen molar-refractivity contribution >= 4 is 5.97 Å². The third kappa shape index (κ3) is 12.9. The Balaban J connectivity index is 3.47. The van der Waals surface area contributed by atoms with Gasteiger partial charge in [0.25, 0.3) is 0 Å². The predicted octanol–water partition coefficient (Wildman–Crippen LogP) is 6.44. The SMILES string of the molecule is CCCCCCCCCCC=CCCC(CCC)C(=O)OC. The zero-order chi connectivity index (χ0) is 16.5. The van der Waals surface area contributed by atoms with Crippen LogP contribution in [-0.4, -0.2) is 13.1 Å². The number of carbonyl (C=O) groups excluding carboxylic acids is 1. The second-order valence-electron chi connectivity index (χ2n) is 6.32. The maximum absolute atomic E-state index is 11.6. The highest BCUT2D eigenvalue weighted by Crippen LogP contribution is 2.16. The first kappa shape index (κ1) is 21.2. The van der Waals surface area contributed by atoms with E-state index in [2.05, 4.69) is 26.0 Å². The fourth-order valence-electron chi connectivity index (χ4n) is 2.82. The molecule has 0 aromatic rings. The molecule has 0 aliphatic carbocycles. The van der Waals surface area contributed by atoms with Crippen LogP contribution in [0.2, 0.25) is 0 Å². The minimum absolute atomic E-state index is 0.0432. The molecule has 2 heteroatoms. The zero-order valence-electron chi connectivity index (χ0n) is 15.2. The number of ether oxygens (including phenoxy) is 1. The summed E-state index contributed by atoms with van der Waals surface area (Å²) in [5.41, 5.74) is 0. The van der Waals surface area contributed by atoms with Crippen LogP contribution in [0.4, 0.5) is 0 Å². The minimum atomic E-state index is -0.0432. The molecule has 0 heterocycles. The fourth-order valence-corrected chi connectivity index (χ4v) is 2.82. The molecule has 0 saturated heterocycles. The first-order chi connectivity index (χ1) is 10.8. The van der Waals surface area contributed by atoms with Crippen molar-refractivity contribution in [1.29, 1.82) is 0 Å². The first-order valence-electron chi connectivity index (χ1n) is 9.49. The molecule has 0 radical (unpaired) electrons. The monoisotopic (exact) mass is 310 g/mol. The normalized spacial score (nSPS) is 12.7. The van der Waals surface area contributed by atoms with Crippen LogP contribution in [0.3, 0.4) is 0 Å². The van der Waals surface area contributed by atoms with Gasteiger partial charge in [-0.3, -0.25) is 4.79 Å². The van der Waals surface area contributed by atoms with Crippen LogP contribution in [-0.2, 0) is 9.53 Å². The summed E-state index contributed by atoms with van der Waals surface area (Å²) >= 11 is 0. The van der Waals surface area contributed by atoms with Gasteiger partial charge < -0.3 is 4.74 Å². The van der Waals surface area contributed by atoms with E-state index >= 15 is 0 Å². The molecule has 130 valence electrons. The van der Waals surface area contributed by atoms with Gasteiger partial charge in [-0.1, -0.05) is 77.4 Å². The van der Waals surface area contributed by atoms with Crippen molar-refractivity contribution in [1.82, 2.24) is 0 Å². The average Bonchev–Trinajstić information content (AvgIpc) is 2.54. The number of carbonyl (C=O) groups is 1. The highest BCUT2D eigenvalue weighted by atomic mass is 16.5. The quantitative estimate of drug-likeness (QED) is 0.197. The molecule has 0 rings (SSSR count). The van der Waals surface area contributed by atoms with Gasteiger partial charge in [0, 0.05) is 0 Å². The van der Waals surface area contributed by atoms with Gasteiger partial charge in [0.15, 0.2) is 0 Å². The van der Waals surface area contributed by atoms with Crippen molar-refractivity contribution in [2.75, 3.05) is 7.11 Å². The summed E-state index contributed by atoms with van der Waals surface area (Å²) < 4.78 is 4.86. The molecule has 0 spiro atoms. The molecule has 0 fully saturated rings. The van der Waals surface area contributed by atoms with Gasteiger partial charge in [-0.05, 0) is 32.1 Å². The summed E-state index contributed by atoms with van der Waals surface area (Å²) in [7, 11) is 1.49. The lowest BCUT2D eigenvalue weighted by Gasteiger charge is -2.11. The highest BCUT2D eigenvalue weighted by molar-refractivity contribution is 5.72. The van der Waals surface area contributed by atoms with Crippen LogP contribution in [0, 0.1) is 5.92 Å². The predicted molar refractivity (Wildman–Crippen MR) is 96.0 cm³/mol. The molecule has 0 aromatic heterocycles. The molecule has 2 nitrogen and oxygen atoms in total. The van der Waals surface area contributed by atoms with E-state index in [1.54, 1.807) is 0 Å². The van der Waals surface area contributed by atoms with Crippen LogP contribution in [0.1, 0.15) is 97.3 Å². The third-order valence-electron chi connectivity index (χ3n) is 4.24. The second-order valence-corrected chi connectivity index (χ2v) is 6.32. The molecule has 0 bridgehead atoms. The van der Waals surface area contributed by atoms with Crippen LogP contribution in [0.25, 0.3) is 0 Å². The highest BCUT2D eigenvalue weighted by Gasteiger charge is 2.16. The molecule has 1 unspecified atom stereocenters. The fraction of sp³-hybridized carbons (Fsp3) is 0.850. The van der Waals surface area contributed by atoms with Gasteiger partial charge in [0.05, 0.1) is 13.0 Å². The van der Waals surface area contributed by atoms with E-state index < -0.39 is 0 Å². The zero-order valence-corrected chi connectivity index (χ0v) is 15.2. The maximum atomic E-state index is 11.6. The largest absolute Gasteiger partial charge is 0.469 e. The van der Waals surface area contributed by atoms with Crippen molar-refractivity contribution in [2.24, 2.45) is 5.92 Å². The molecule has 22 heavy (non-hydrogen) atoms. The summed E-state index contributed by atoms with van der Waals surface area (Å²) in [6, 6.07) is 0. The first-order valence-corrected chi connectivity index (χ1v) is 9.49. The number of hydrogen-bond donors (Lipinski definition) is 0. The van der Waals surface area contributed by atoms with Crippen molar-refractivity contribution in [2.45, 2.75) is 97.3 Å². The summed E-state index contributed by atoms with van der Waals surface area (Å²) in [5, 5.41) is 0. The lowest BCUT2D eigenvalue weighted by Crippen LogP contribution is -2.15. The third-order valence-corrected chi connectivity index (χ3v) is 4.24. The Hall–Kier alpha value is -0.790. The van der Waals surface area contributed by atoms with Crippen molar-refractivity contribution < 1.29 is 9.53 Å². The summed E-state index contributed by atoms with van der Waals surface area (Å²) in [6.45, 7) is 4.38. The standard InChI is InChI=1S/C20H38O2/c1-4-6-7-8-9-10-11-12-13-14-15-16-18-19(17-5-2)20(21)22-3/h14-15,19H,4-13,16-18H2,1-3H3. The summed E-state index contributed by atoms with van der Waals surface area (Å²) in [4.78, 5) is 11.6. The van der Waals surface area contributed by atoms with Crippen LogP contribution < -0.4 is 0 Å². The van der Waals surface area contributed by atoms with E-state index in [0.29, 0.717) is 0 Å². The average molecular weight is 311 g/mol. The van der Waals surface area contributed by atoms with Gasteiger partial charge in [-0.2, -0.15) is 0 Å². The Labute approximate surface area is 138 Å². The van der Waals surface area contributed by atoms with Crippen LogP contribution in [0.15, 0.2) is 12.2 Å². The van der Waals surface area contributed by atoms with Gasteiger partial charge in [-0.15, -0.1) is 0 Å².